The molecule has 0 unspecified atom stereocenters. The molecule has 35 heavy (non-hydrogen) atoms. The van der Waals surface area contributed by atoms with Crippen molar-refractivity contribution in [2.45, 2.75) is 13.0 Å². The van der Waals surface area contributed by atoms with Gasteiger partial charge in [-0.15, -0.1) is 5.10 Å². The Morgan fingerprint density at radius 2 is 1.86 bits per heavy atom. The molecule has 176 valence electrons. The zero-order valence-electron chi connectivity index (χ0n) is 17.7. The molecule has 0 atom stereocenters. The van der Waals surface area contributed by atoms with E-state index < -0.39 is 12.3 Å². The van der Waals surface area contributed by atoms with Crippen molar-refractivity contribution in [3.63, 3.8) is 0 Å². The first-order valence-corrected chi connectivity index (χ1v) is 11.0. The highest BCUT2D eigenvalue weighted by Crippen LogP contribution is 2.27. The average Bonchev–Trinajstić information content (AvgIpc) is 3.48. The topological polar surface area (TPSA) is 90.0 Å². The van der Waals surface area contributed by atoms with Gasteiger partial charge in [0, 0.05) is 5.56 Å². The number of rotatable bonds is 6. The maximum absolute atomic E-state index is 13.8. The van der Waals surface area contributed by atoms with Crippen LogP contribution in [0.25, 0.3) is 16.9 Å². The smallest absolute Gasteiger partial charge is 0.280 e. The van der Waals surface area contributed by atoms with E-state index in [4.69, 9.17) is 23.2 Å². The van der Waals surface area contributed by atoms with Crippen LogP contribution in [0.4, 0.5) is 14.7 Å². The van der Waals surface area contributed by atoms with Crippen LogP contribution in [0.3, 0.4) is 0 Å². The van der Waals surface area contributed by atoms with E-state index in [1.807, 2.05) is 0 Å². The highest BCUT2D eigenvalue weighted by molar-refractivity contribution is 6.42. The monoisotopic (exact) mass is 513 g/mol. The summed E-state index contributed by atoms with van der Waals surface area (Å²) in [7, 11) is 0. The van der Waals surface area contributed by atoms with E-state index in [-0.39, 0.29) is 22.9 Å². The first kappa shape index (κ1) is 22.9. The van der Waals surface area contributed by atoms with E-state index >= 15 is 0 Å². The number of hydrogen-bond donors (Lipinski definition) is 1. The second-order valence-corrected chi connectivity index (χ2v) is 8.31. The number of benzene rings is 2. The Labute approximate surface area is 207 Å². The van der Waals surface area contributed by atoms with Crippen molar-refractivity contribution >= 4 is 40.7 Å². The minimum Gasteiger partial charge on any atom is -0.289 e. The van der Waals surface area contributed by atoms with Gasteiger partial charge in [-0.3, -0.25) is 10.1 Å². The van der Waals surface area contributed by atoms with E-state index in [0.717, 1.165) is 10.1 Å². The lowest BCUT2D eigenvalue weighted by Crippen LogP contribution is -2.14. The third kappa shape index (κ3) is 4.71. The van der Waals surface area contributed by atoms with E-state index in [1.165, 1.54) is 23.3 Å². The number of amides is 1. The maximum Gasteiger partial charge on any atom is 0.280 e. The van der Waals surface area contributed by atoms with Gasteiger partial charge in [-0.2, -0.15) is 5.10 Å². The van der Waals surface area contributed by atoms with Crippen LogP contribution in [-0.2, 0) is 6.54 Å². The third-order valence-corrected chi connectivity index (χ3v) is 5.87. The summed E-state index contributed by atoms with van der Waals surface area (Å²) in [6.45, 7) is 0.343. The molecule has 1 amide bonds. The van der Waals surface area contributed by atoms with Gasteiger partial charge in [-0.1, -0.05) is 59.6 Å². The van der Waals surface area contributed by atoms with Gasteiger partial charge in [0.25, 0.3) is 12.3 Å². The first-order valence-electron chi connectivity index (χ1n) is 10.3. The predicted octanol–water partition coefficient (Wildman–Crippen LogP) is 5.53. The van der Waals surface area contributed by atoms with Gasteiger partial charge in [0.15, 0.2) is 5.65 Å². The van der Waals surface area contributed by atoms with Gasteiger partial charge in [-0.25, -0.2) is 27.9 Å². The lowest BCUT2D eigenvalue weighted by molar-refractivity contribution is 0.102. The molecule has 3 aromatic heterocycles. The number of aromatic nitrogens is 6. The number of carbonyl (C=O) groups excluding carboxylic acids is 1. The summed E-state index contributed by atoms with van der Waals surface area (Å²) in [4.78, 5) is 21.5. The Kier molecular flexibility index (Phi) is 6.14. The fraction of sp³-hybridized carbons (Fsp3) is 0.0870. The number of fused-ring (bicyclic) bond motifs is 1. The van der Waals surface area contributed by atoms with Crippen LogP contribution in [0.5, 0.6) is 0 Å². The number of halogens is 4. The Morgan fingerprint density at radius 1 is 1.06 bits per heavy atom. The standard InChI is InChI=1S/C23H15Cl2F2N7O/c24-16-7-6-13(8-17(16)25)11-33-12-28-23(32-33)31-22(35)15-10-29-34-19(20(26)27)9-18(30-21(15)34)14-4-2-1-3-5-14/h1-10,12,20H,11H2,(H,31,32,35). The van der Waals surface area contributed by atoms with Crippen LogP contribution in [0.2, 0.25) is 10.0 Å². The molecular weight excluding hydrogens is 499 g/mol. The molecule has 0 radical (unpaired) electrons. The molecule has 3 heterocycles. The fourth-order valence-electron chi connectivity index (χ4n) is 3.48. The average molecular weight is 514 g/mol. The van der Waals surface area contributed by atoms with Gasteiger partial charge < -0.3 is 0 Å². The van der Waals surface area contributed by atoms with Crippen molar-refractivity contribution in [1.82, 2.24) is 29.4 Å². The van der Waals surface area contributed by atoms with Crippen molar-refractivity contribution < 1.29 is 13.6 Å². The molecule has 0 saturated carbocycles. The molecule has 5 rings (SSSR count). The molecule has 0 fully saturated rings. The SMILES string of the molecule is O=C(Nc1ncn(Cc2ccc(Cl)c(Cl)c2)n1)c1cnn2c(C(F)F)cc(-c3ccccc3)nc12. The third-order valence-electron chi connectivity index (χ3n) is 5.13. The summed E-state index contributed by atoms with van der Waals surface area (Å²) in [5, 5.41) is 11.6. The molecule has 1 N–H and O–H groups in total. The normalized spacial score (nSPS) is 11.3. The number of alkyl halides is 2. The Hall–Kier alpha value is -3.89. The van der Waals surface area contributed by atoms with Crippen molar-refractivity contribution in [2.75, 3.05) is 5.32 Å². The van der Waals surface area contributed by atoms with Crippen LogP contribution in [-0.4, -0.2) is 35.3 Å². The van der Waals surface area contributed by atoms with Crippen molar-refractivity contribution in [1.29, 1.82) is 0 Å². The summed E-state index contributed by atoms with van der Waals surface area (Å²) < 4.78 is 30.0. The maximum atomic E-state index is 13.8. The molecule has 2 aromatic carbocycles. The van der Waals surface area contributed by atoms with Crippen LogP contribution >= 0.6 is 23.2 Å². The lowest BCUT2D eigenvalue weighted by atomic mass is 10.1. The highest BCUT2D eigenvalue weighted by atomic mass is 35.5. The molecule has 8 nitrogen and oxygen atoms in total. The molecule has 12 heteroatoms. The molecule has 0 spiro atoms. The van der Waals surface area contributed by atoms with E-state index in [0.29, 0.717) is 27.8 Å². The number of nitrogens with one attached hydrogen (secondary N) is 1. The molecule has 0 aliphatic rings. The number of carbonyl (C=O) groups is 1. The molecule has 0 saturated heterocycles. The first-order chi connectivity index (χ1) is 16.9. The Bertz CT molecular complexity index is 1540. The lowest BCUT2D eigenvalue weighted by Gasteiger charge is -2.08. The number of anilines is 1. The van der Waals surface area contributed by atoms with Crippen LogP contribution < -0.4 is 5.32 Å². The summed E-state index contributed by atoms with van der Waals surface area (Å²) in [5.41, 5.74) is 1.39. The minimum absolute atomic E-state index is 0.00511. The van der Waals surface area contributed by atoms with Gasteiger partial charge in [0.1, 0.15) is 17.6 Å². The van der Waals surface area contributed by atoms with Crippen LogP contribution in [0, 0.1) is 0 Å². The van der Waals surface area contributed by atoms with Crippen molar-refractivity contribution in [3.8, 4) is 11.3 Å². The fourth-order valence-corrected chi connectivity index (χ4v) is 3.80. The van der Waals surface area contributed by atoms with Gasteiger partial charge >= 0.3 is 0 Å². The zero-order valence-corrected chi connectivity index (χ0v) is 19.3. The van der Waals surface area contributed by atoms with E-state index in [9.17, 15) is 13.6 Å². The Morgan fingerprint density at radius 3 is 2.60 bits per heavy atom. The second-order valence-electron chi connectivity index (χ2n) is 7.49. The number of hydrogen-bond acceptors (Lipinski definition) is 5. The summed E-state index contributed by atoms with van der Waals surface area (Å²) in [6, 6.07) is 15.3. The van der Waals surface area contributed by atoms with Crippen LogP contribution in [0.1, 0.15) is 28.0 Å². The largest absolute Gasteiger partial charge is 0.289 e. The number of nitrogens with zero attached hydrogens (tertiary/aromatic N) is 6. The van der Waals surface area contributed by atoms with Crippen molar-refractivity contribution in [2.24, 2.45) is 0 Å². The minimum atomic E-state index is -2.82. The van der Waals surface area contributed by atoms with E-state index in [2.05, 4.69) is 25.5 Å². The second kappa shape index (κ2) is 9.40. The molecule has 0 aliphatic carbocycles. The molecular formula is C23H15Cl2F2N7O. The van der Waals surface area contributed by atoms with Gasteiger partial charge in [0.05, 0.1) is 28.5 Å². The van der Waals surface area contributed by atoms with Crippen LogP contribution in [0.15, 0.2) is 67.1 Å². The zero-order chi connectivity index (χ0) is 24.5. The molecule has 5 aromatic rings. The molecule has 0 aliphatic heterocycles. The Balaban J connectivity index is 1.42. The summed E-state index contributed by atoms with van der Waals surface area (Å²) in [5.74, 6) is -0.604. The quantitative estimate of drug-likeness (QED) is 0.322. The predicted molar refractivity (Wildman–Crippen MR) is 127 cm³/mol. The van der Waals surface area contributed by atoms with Gasteiger partial charge in [-0.05, 0) is 23.8 Å². The van der Waals surface area contributed by atoms with Crippen molar-refractivity contribution in [3.05, 3.63) is 94.0 Å². The highest BCUT2D eigenvalue weighted by Gasteiger charge is 2.22. The van der Waals surface area contributed by atoms with E-state index in [1.54, 1.807) is 48.5 Å². The summed E-state index contributed by atoms with van der Waals surface area (Å²) >= 11 is 12.0. The molecule has 0 bridgehead atoms. The summed E-state index contributed by atoms with van der Waals surface area (Å²) in [6.07, 6.45) is -0.197. The van der Waals surface area contributed by atoms with Gasteiger partial charge in [0.2, 0.25) is 5.95 Å².